The van der Waals surface area contributed by atoms with Crippen molar-refractivity contribution in [1.82, 2.24) is 14.9 Å². The molecule has 7 heteroatoms. The van der Waals surface area contributed by atoms with Crippen molar-refractivity contribution in [3.8, 4) is 0 Å². The van der Waals surface area contributed by atoms with Crippen LogP contribution in [-0.4, -0.2) is 41.0 Å². The fourth-order valence-corrected chi connectivity index (χ4v) is 1.76. The minimum atomic E-state index is 0.401. The lowest BCUT2D eigenvalue weighted by atomic mass is 10.4. The number of hydrazine groups is 1. The van der Waals surface area contributed by atoms with Crippen molar-refractivity contribution in [3.05, 3.63) is 10.7 Å². The Morgan fingerprint density at radius 3 is 2.71 bits per heavy atom. The number of nitrogen functional groups attached to an aromatic ring is 1. The lowest BCUT2D eigenvalue weighted by Crippen LogP contribution is -2.28. The fraction of sp³-hybridized carbons (Fsp3) is 0.600. The molecular formula is C10H19BrN6. The molecule has 0 radical (unpaired) electrons. The lowest BCUT2D eigenvalue weighted by molar-refractivity contribution is 0.316. The second-order valence-electron chi connectivity index (χ2n) is 3.49. The van der Waals surface area contributed by atoms with Gasteiger partial charge in [0.25, 0.3) is 0 Å². The molecule has 0 aliphatic rings. The van der Waals surface area contributed by atoms with Crippen LogP contribution in [0.15, 0.2) is 10.7 Å². The maximum Gasteiger partial charge on any atom is 0.239 e. The van der Waals surface area contributed by atoms with Gasteiger partial charge in [0.2, 0.25) is 5.95 Å². The summed E-state index contributed by atoms with van der Waals surface area (Å²) in [6.45, 7) is 8.23. The Morgan fingerprint density at radius 2 is 2.12 bits per heavy atom. The van der Waals surface area contributed by atoms with E-state index < -0.39 is 0 Å². The molecule has 4 N–H and O–H groups in total. The number of likely N-dealkylation sites (N-methyl/N-ethyl adjacent to an activating group) is 1. The first-order chi connectivity index (χ1) is 8.21. The van der Waals surface area contributed by atoms with Crippen LogP contribution in [0.3, 0.4) is 0 Å². The Labute approximate surface area is 110 Å². The fourth-order valence-electron chi connectivity index (χ4n) is 1.43. The van der Waals surface area contributed by atoms with Gasteiger partial charge in [0, 0.05) is 19.3 Å². The predicted octanol–water partition coefficient (Wildman–Crippen LogP) is 1.28. The molecule has 0 unspecified atom stereocenters. The van der Waals surface area contributed by atoms with Crippen LogP contribution in [0.25, 0.3) is 0 Å². The Hall–Kier alpha value is -0.920. The summed E-state index contributed by atoms with van der Waals surface area (Å²) in [5.74, 6) is 6.41. The summed E-state index contributed by atoms with van der Waals surface area (Å²) < 4.78 is 0.830. The molecular weight excluding hydrogens is 284 g/mol. The van der Waals surface area contributed by atoms with Crippen molar-refractivity contribution in [2.45, 2.75) is 13.8 Å². The van der Waals surface area contributed by atoms with Crippen molar-refractivity contribution in [2.24, 2.45) is 5.84 Å². The highest BCUT2D eigenvalue weighted by Gasteiger charge is 2.04. The average Bonchev–Trinajstić information content (AvgIpc) is 2.36. The molecule has 6 nitrogen and oxygen atoms in total. The molecule has 0 amide bonds. The summed E-state index contributed by atoms with van der Waals surface area (Å²) in [4.78, 5) is 10.5. The summed E-state index contributed by atoms with van der Waals surface area (Å²) >= 11 is 3.39. The van der Waals surface area contributed by atoms with Crippen molar-refractivity contribution in [3.63, 3.8) is 0 Å². The molecule has 0 aliphatic heterocycles. The third-order valence-corrected chi connectivity index (χ3v) is 3.07. The first kappa shape index (κ1) is 14.1. The normalized spacial score (nSPS) is 10.6. The van der Waals surface area contributed by atoms with Crippen LogP contribution >= 0.6 is 15.9 Å². The van der Waals surface area contributed by atoms with Gasteiger partial charge in [-0.3, -0.25) is 5.43 Å². The molecule has 1 aromatic heterocycles. The maximum atomic E-state index is 5.26. The first-order valence-electron chi connectivity index (χ1n) is 5.66. The van der Waals surface area contributed by atoms with E-state index in [1.54, 1.807) is 6.20 Å². The third-order valence-electron chi connectivity index (χ3n) is 2.49. The van der Waals surface area contributed by atoms with Crippen LogP contribution < -0.4 is 16.6 Å². The zero-order chi connectivity index (χ0) is 12.7. The summed E-state index contributed by atoms with van der Waals surface area (Å²) in [6.07, 6.45) is 1.67. The zero-order valence-corrected chi connectivity index (χ0v) is 11.8. The highest BCUT2D eigenvalue weighted by atomic mass is 79.9. The molecule has 96 valence electrons. The largest absolute Gasteiger partial charge is 0.368 e. The highest BCUT2D eigenvalue weighted by Crippen LogP contribution is 2.19. The van der Waals surface area contributed by atoms with Crippen molar-refractivity contribution in [2.75, 3.05) is 36.9 Å². The molecule has 0 aliphatic carbocycles. The SMILES string of the molecule is CCN(CC)CCNc1nc(NN)ncc1Br. The minimum Gasteiger partial charge on any atom is -0.368 e. The molecule has 0 saturated heterocycles. The highest BCUT2D eigenvalue weighted by molar-refractivity contribution is 9.10. The molecule has 17 heavy (non-hydrogen) atoms. The van der Waals surface area contributed by atoms with Gasteiger partial charge in [-0.05, 0) is 29.0 Å². The number of hydrogen-bond donors (Lipinski definition) is 3. The van der Waals surface area contributed by atoms with Crippen molar-refractivity contribution < 1.29 is 0 Å². The number of hydrogen-bond acceptors (Lipinski definition) is 6. The lowest BCUT2D eigenvalue weighted by Gasteiger charge is -2.18. The van der Waals surface area contributed by atoms with Gasteiger partial charge in [-0.2, -0.15) is 4.98 Å². The van der Waals surface area contributed by atoms with E-state index in [1.165, 1.54) is 0 Å². The Balaban J connectivity index is 2.50. The second kappa shape index (κ2) is 7.41. The quantitative estimate of drug-likeness (QED) is 0.520. The van der Waals surface area contributed by atoms with Crippen LogP contribution in [0.1, 0.15) is 13.8 Å². The molecule has 0 atom stereocenters. The summed E-state index contributed by atoms with van der Waals surface area (Å²) in [6, 6.07) is 0. The summed E-state index contributed by atoms with van der Waals surface area (Å²) in [5.41, 5.74) is 2.42. The maximum absolute atomic E-state index is 5.26. The van der Waals surface area contributed by atoms with Gasteiger partial charge in [0.1, 0.15) is 5.82 Å². The second-order valence-corrected chi connectivity index (χ2v) is 4.34. The zero-order valence-electron chi connectivity index (χ0n) is 10.2. The van der Waals surface area contributed by atoms with Crippen LogP contribution in [0.5, 0.6) is 0 Å². The Bertz CT molecular complexity index is 342. The molecule has 1 rings (SSSR count). The van der Waals surface area contributed by atoms with E-state index in [1.807, 2.05) is 0 Å². The van der Waals surface area contributed by atoms with Crippen LogP contribution in [0.4, 0.5) is 11.8 Å². The number of nitrogens with zero attached hydrogens (tertiary/aromatic N) is 3. The van der Waals surface area contributed by atoms with E-state index in [0.717, 1.165) is 36.5 Å². The van der Waals surface area contributed by atoms with E-state index in [4.69, 9.17) is 5.84 Å². The van der Waals surface area contributed by atoms with E-state index in [-0.39, 0.29) is 0 Å². The minimum absolute atomic E-state index is 0.401. The third kappa shape index (κ3) is 4.45. The number of nitrogens with one attached hydrogen (secondary N) is 2. The standard InChI is InChI=1S/C10H19BrN6/c1-3-17(4-2)6-5-13-9-8(11)7-14-10(15-9)16-12/h7H,3-6,12H2,1-2H3,(H2,13,14,15,16). The molecule has 0 aromatic carbocycles. The number of anilines is 2. The van der Waals surface area contributed by atoms with Crippen molar-refractivity contribution in [1.29, 1.82) is 0 Å². The molecule has 1 aromatic rings. The van der Waals surface area contributed by atoms with E-state index in [9.17, 15) is 0 Å². The van der Waals surface area contributed by atoms with E-state index in [2.05, 4.69) is 55.4 Å². The van der Waals surface area contributed by atoms with Crippen LogP contribution in [0.2, 0.25) is 0 Å². The van der Waals surface area contributed by atoms with Crippen LogP contribution in [0, 0.1) is 0 Å². The van der Waals surface area contributed by atoms with Gasteiger partial charge < -0.3 is 10.2 Å². The van der Waals surface area contributed by atoms with Gasteiger partial charge in [-0.15, -0.1) is 0 Å². The van der Waals surface area contributed by atoms with Crippen molar-refractivity contribution >= 4 is 27.7 Å². The van der Waals surface area contributed by atoms with Gasteiger partial charge in [0.05, 0.1) is 4.47 Å². The monoisotopic (exact) mass is 302 g/mol. The topological polar surface area (TPSA) is 79.1 Å². The van der Waals surface area contributed by atoms with E-state index in [0.29, 0.717) is 5.95 Å². The van der Waals surface area contributed by atoms with E-state index >= 15 is 0 Å². The van der Waals surface area contributed by atoms with Crippen LogP contribution in [-0.2, 0) is 0 Å². The number of halogens is 1. The molecule has 1 heterocycles. The van der Waals surface area contributed by atoms with Gasteiger partial charge in [-0.1, -0.05) is 13.8 Å². The number of rotatable bonds is 7. The summed E-state index contributed by atoms with van der Waals surface area (Å²) in [5, 5.41) is 3.25. The average molecular weight is 303 g/mol. The Morgan fingerprint density at radius 1 is 1.41 bits per heavy atom. The van der Waals surface area contributed by atoms with Gasteiger partial charge in [0.15, 0.2) is 0 Å². The smallest absolute Gasteiger partial charge is 0.239 e. The Kier molecular flexibility index (Phi) is 6.17. The number of nitrogens with two attached hydrogens (primary N) is 1. The summed E-state index contributed by atoms with van der Waals surface area (Å²) in [7, 11) is 0. The molecule has 0 saturated carbocycles. The number of aromatic nitrogens is 2. The van der Waals surface area contributed by atoms with Gasteiger partial charge in [-0.25, -0.2) is 10.8 Å². The first-order valence-corrected chi connectivity index (χ1v) is 6.45. The van der Waals surface area contributed by atoms with Gasteiger partial charge >= 0.3 is 0 Å². The molecule has 0 bridgehead atoms. The predicted molar refractivity (Wildman–Crippen MR) is 73.8 cm³/mol. The molecule has 0 spiro atoms. The molecule has 0 fully saturated rings.